The van der Waals surface area contributed by atoms with E-state index in [4.69, 9.17) is 10.5 Å². The van der Waals surface area contributed by atoms with Crippen molar-refractivity contribution in [2.24, 2.45) is 11.7 Å². The molecule has 0 aromatic rings. The van der Waals surface area contributed by atoms with Crippen molar-refractivity contribution in [3.8, 4) is 0 Å². The van der Waals surface area contributed by atoms with E-state index in [0.29, 0.717) is 32.7 Å². The standard InChI is InChI=1S/C13H27N3O3S/c1-13(19-2)6-4-8-16(11-13)20(17,18)15-7-3-5-12(9-14)10-15/h12H,3-11,14H2,1-2H3. The van der Waals surface area contributed by atoms with Crippen LogP contribution in [-0.2, 0) is 14.9 Å². The Bertz CT molecular complexity index is 429. The van der Waals surface area contributed by atoms with E-state index >= 15 is 0 Å². The lowest BCUT2D eigenvalue weighted by atomic mass is 9.96. The smallest absolute Gasteiger partial charge is 0.282 e. The van der Waals surface area contributed by atoms with Gasteiger partial charge in [-0.15, -0.1) is 0 Å². The van der Waals surface area contributed by atoms with E-state index in [1.165, 1.54) is 0 Å². The van der Waals surface area contributed by atoms with E-state index in [-0.39, 0.29) is 11.5 Å². The number of methoxy groups -OCH3 is 1. The van der Waals surface area contributed by atoms with E-state index in [1.54, 1.807) is 15.7 Å². The summed E-state index contributed by atoms with van der Waals surface area (Å²) in [5, 5.41) is 0. The quantitative estimate of drug-likeness (QED) is 0.816. The molecular formula is C13H27N3O3S. The zero-order valence-corrected chi connectivity index (χ0v) is 13.4. The van der Waals surface area contributed by atoms with Gasteiger partial charge in [-0.25, -0.2) is 0 Å². The SMILES string of the molecule is COC1(C)CCCN(S(=O)(=O)N2CCCC(CN)C2)C1. The second-order valence-corrected chi connectivity index (χ2v) is 8.13. The Labute approximate surface area is 122 Å². The summed E-state index contributed by atoms with van der Waals surface area (Å²) in [6.45, 7) is 4.73. The van der Waals surface area contributed by atoms with Crippen LogP contribution < -0.4 is 5.73 Å². The van der Waals surface area contributed by atoms with Gasteiger partial charge in [-0.2, -0.15) is 17.0 Å². The predicted octanol–water partition coefficient (Wildman–Crippen LogP) is 0.403. The van der Waals surface area contributed by atoms with Gasteiger partial charge in [-0.05, 0) is 45.1 Å². The van der Waals surface area contributed by atoms with Crippen molar-refractivity contribution in [2.75, 3.05) is 39.8 Å². The van der Waals surface area contributed by atoms with Crippen LogP contribution in [-0.4, -0.2) is 62.5 Å². The molecule has 2 aliphatic heterocycles. The molecule has 2 rings (SSSR count). The molecule has 0 aromatic heterocycles. The van der Waals surface area contributed by atoms with Crippen molar-refractivity contribution < 1.29 is 13.2 Å². The van der Waals surface area contributed by atoms with Crippen molar-refractivity contribution in [1.29, 1.82) is 0 Å². The van der Waals surface area contributed by atoms with Gasteiger partial charge in [0.15, 0.2) is 0 Å². The first-order valence-corrected chi connectivity index (χ1v) is 8.81. The van der Waals surface area contributed by atoms with E-state index < -0.39 is 10.2 Å². The summed E-state index contributed by atoms with van der Waals surface area (Å²) < 4.78 is 34.2. The third-order valence-corrected chi connectivity index (χ3v) is 6.53. The number of piperidine rings is 2. The Morgan fingerprint density at radius 3 is 2.65 bits per heavy atom. The normalized spacial score (nSPS) is 34.2. The summed E-state index contributed by atoms with van der Waals surface area (Å²) in [7, 11) is -1.72. The van der Waals surface area contributed by atoms with Gasteiger partial charge in [0.2, 0.25) is 0 Å². The second kappa shape index (κ2) is 6.27. The van der Waals surface area contributed by atoms with E-state index in [0.717, 1.165) is 25.7 Å². The molecule has 118 valence electrons. The maximum absolute atomic E-state index is 12.8. The van der Waals surface area contributed by atoms with Crippen LogP contribution in [0.2, 0.25) is 0 Å². The molecule has 0 radical (unpaired) electrons. The molecule has 2 heterocycles. The first-order valence-electron chi connectivity index (χ1n) is 7.42. The lowest BCUT2D eigenvalue weighted by Gasteiger charge is -2.42. The van der Waals surface area contributed by atoms with Crippen LogP contribution in [0.3, 0.4) is 0 Å². The van der Waals surface area contributed by atoms with Gasteiger partial charge in [0.05, 0.1) is 5.60 Å². The van der Waals surface area contributed by atoms with E-state index in [1.807, 2.05) is 6.92 Å². The van der Waals surface area contributed by atoms with Gasteiger partial charge in [0.1, 0.15) is 0 Å². The zero-order chi connectivity index (χ0) is 14.8. The molecule has 0 amide bonds. The summed E-state index contributed by atoms with van der Waals surface area (Å²) in [6.07, 6.45) is 3.67. The molecule has 2 N–H and O–H groups in total. The fourth-order valence-corrected chi connectivity index (χ4v) is 5.00. The fourth-order valence-electron chi connectivity index (χ4n) is 3.12. The summed E-state index contributed by atoms with van der Waals surface area (Å²) in [6, 6.07) is 0. The van der Waals surface area contributed by atoms with Crippen LogP contribution >= 0.6 is 0 Å². The Morgan fingerprint density at radius 2 is 2.00 bits per heavy atom. The molecule has 0 spiro atoms. The largest absolute Gasteiger partial charge is 0.377 e. The van der Waals surface area contributed by atoms with Crippen molar-refractivity contribution in [2.45, 2.75) is 38.2 Å². The number of hydrogen-bond acceptors (Lipinski definition) is 4. The van der Waals surface area contributed by atoms with Gasteiger partial charge in [0, 0.05) is 33.3 Å². The molecule has 7 heteroatoms. The number of nitrogens with two attached hydrogens (primary N) is 1. The fraction of sp³-hybridized carbons (Fsp3) is 1.00. The van der Waals surface area contributed by atoms with Crippen LogP contribution in [0.15, 0.2) is 0 Å². The summed E-state index contributed by atoms with van der Waals surface area (Å²) >= 11 is 0. The minimum atomic E-state index is -3.38. The van der Waals surface area contributed by atoms with E-state index in [2.05, 4.69) is 0 Å². The van der Waals surface area contributed by atoms with Gasteiger partial charge in [0.25, 0.3) is 10.2 Å². The topological polar surface area (TPSA) is 75.9 Å². The maximum Gasteiger partial charge on any atom is 0.282 e. The lowest BCUT2D eigenvalue weighted by molar-refractivity contribution is -0.0332. The van der Waals surface area contributed by atoms with Crippen LogP contribution in [0.1, 0.15) is 32.6 Å². The van der Waals surface area contributed by atoms with Crippen molar-refractivity contribution in [1.82, 2.24) is 8.61 Å². The zero-order valence-electron chi connectivity index (χ0n) is 12.5. The monoisotopic (exact) mass is 305 g/mol. The molecule has 0 aromatic carbocycles. The highest BCUT2D eigenvalue weighted by Gasteiger charge is 2.40. The Kier molecular flexibility index (Phi) is 5.07. The molecule has 2 saturated heterocycles. The summed E-state index contributed by atoms with van der Waals surface area (Å²) in [5.74, 6) is 0.289. The van der Waals surface area contributed by atoms with Gasteiger partial charge in [-0.1, -0.05) is 0 Å². The number of ether oxygens (including phenoxy) is 1. The van der Waals surface area contributed by atoms with Crippen molar-refractivity contribution >= 4 is 10.2 Å². The number of nitrogens with zero attached hydrogens (tertiary/aromatic N) is 2. The number of hydrogen-bond donors (Lipinski definition) is 1. The average Bonchev–Trinajstić information content (AvgIpc) is 2.47. The Balaban J connectivity index is 2.09. The third kappa shape index (κ3) is 3.33. The third-order valence-electron chi connectivity index (χ3n) is 4.58. The molecule has 20 heavy (non-hydrogen) atoms. The summed E-state index contributed by atoms with van der Waals surface area (Å²) in [4.78, 5) is 0. The number of rotatable bonds is 4. The highest BCUT2D eigenvalue weighted by atomic mass is 32.2. The molecule has 2 atom stereocenters. The van der Waals surface area contributed by atoms with E-state index in [9.17, 15) is 8.42 Å². The predicted molar refractivity (Wildman–Crippen MR) is 78.5 cm³/mol. The molecule has 0 saturated carbocycles. The second-order valence-electron chi connectivity index (χ2n) is 6.20. The minimum Gasteiger partial charge on any atom is -0.377 e. The summed E-state index contributed by atoms with van der Waals surface area (Å²) in [5.41, 5.74) is 5.33. The van der Waals surface area contributed by atoms with Crippen LogP contribution in [0.4, 0.5) is 0 Å². The maximum atomic E-state index is 12.8. The molecule has 2 unspecified atom stereocenters. The van der Waals surface area contributed by atoms with Gasteiger partial charge in [-0.3, -0.25) is 0 Å². The minimum absolute atomic E-state index is 0.289. The highest BCUT2D eigenvalue weighted by molar-refractivity contribution is 7.86. The molecule has 2 aliphatic rings. The Morgan fingerprint density at radius 1 is 1.30 bits per heavy atom. The highest BCUT2D eigenvalue weighted by Crippen LogP contribution is 2.28. The molecule has 0 aliphatic carbocycles. The van der Waals surface area contributed by atoms with Crippen LogP contribution in [0.5, 0.6) is 0 Å². The Hall–Kier alpha value is -0.210. The van der Waals surface area contributed by atoms with Crippen LogP contribution in [0, 0.1) is 5.92 Å². The first-order chi connectivity index (χ1) is 9.41. The van der Waals surface area contributed by atoms with Gasteiger partial charge >= 0.3 is 0 Å². The molecule has 2 fully saturated rings. The van der Waals surface area contributed by atoms with Crippen molar-refractivity contribution in [3.63, 3.8) is 0 Å². The van der Waals surface area contributed by atoms with Crippen LogP contribution in [0.25, 0.3) is 0 Å². The lowest BCUT2D eigenvalue weighted by Crippen LogP contribution is -2.55. The molecular weight excluding hydrogens is 278 g/mol. The molecule has 0 bridgehead atoms. The van der Waals surface area contributed by atoms with Crippen molar-refractivity contribution in [3.05, 3.63) is 0 Å². The average molecular weight is 305 g/mol. The van der Waals surface area contributed by atoms with Gasteiger partial charge < -0.3 is 10.5 Å². The molecule has 6 nitrogen and oxygen atoms in total. The first kappa shape index (κ1) is 16.2.